The molecule has 0 spiro atoms. The first kappa shape index (κ1) is 15.2. The fourth-order valence-electron chi connectivity index (χ4n) is 2.73. The molecule has 112 valence electrons. The molecule has 1 aromatic carbocycles. The summed E-state index contributed by atoms with van der Waals surface area (Å²) in [6, 6.07) is 7.14. The number of thiophene rings is 1. The Morgan fingerprint density at radius 2 is 2.10 bits per heavy atom. The number of hydrogen-bond acceptors (Lipinski definition) is 3. The van der Waals surface area contributed by atoms with Gasteiger partial charge < -0.3 is 0 Å². The van der Waals surface area contributed by atoms with Crippen LogP contribution in [-0.2, 0) is 16.4 Å². The molecule has 3 nitrogen and oxygen atoms in total. The number of halogens is 1. The first-order valence-corrected chi connectivity index (χ1v) is 9.87. The molecule has 0 saturated carbocycles. The van der Waals surface area contributed by atoms with E-state index < -0.39 is 10.0 Å². The molecule has 6 heteroatoms. The zero-order chi connectivity index (χ0) is 15.2. The maximum Gasteiger partial charge on any atom is 0.243 e. The minimum atomic E-state index is -3.45. The number of benzene rings is 1. The molecule has 0 aliphatic carbocycles. The van der Waals surface area contributed by atoms with Gasteiger partial charge in [-0.15, -0.1) is 11.3 Å². The van der Waals surface area contributed by atoms with Crippen LogP contribution in [0.5, 0.6) is 0 Å². The molecule has 0 bridgehead atoms. The van der Waals surface area contributed by atoms with Gasteiger partial charge in [-0.1, -0.05) is 15.9 Å². The molecule has 1 aliphatic rings. The highest BCUT2D eigenvalue weighted by molar-refractivity contribution is 9.10. The molecule has 1 aromatic heterocycles. The summed E-state index contributed by atoms with van der Waals surface area (Å²) in [7, 11) is -3.45. The Morgan fingerprint density at radius 3 is 2.81 bits per heavy atom. The zero-order valence-corrected chi connectivity index (χ0v) is 15.1. The quantitative estimate of drug-likeness (QED) is 0.779. The van der Waals surface area contributed by atoms with Crippen molar-refractivity contribution in [3.8, 4) is 0 Å². The van der Waals surface area contributed by atoms with Crippen molar-refractivity contribution in [3.63, 3.8) is 0 Å². The fraction of sp³-hybridized carbons (Fsp3) is 0.333. The van der Waals surface area contributed by atoms with Crippen LogP contribution in [0.4, 0.5) is 0 Å². The van der Waals surface area contributed by atoms with Crippen LogP contribution in [0.2, 0.25) is 0 Å². The average molecular weight is 386 g/mol. The second-order valence-electron chi connectivity index (χ2n) is 5.25. The number of fused-ring (bicyclic) bond motifs is 1. The van der Waals surface area contributed by atoms with Crippen LogP contribution in [0.3, 0.4) is 0 Å². The second kappa shape index (κ2) is 5.50. The second-order valence-corrected chi connectivity index (χ2v) is 9.00. The van der Waals surface area contributed by atoms with Crippen LogP contribution >= 0.6 is 27.3 Å². The third-order valence-corrected chi connectivity index (χ3v) is 7.81. The lowest BCUT2D eigenvalue weighted by molar-refractivity contribution is 0.329. The predicted octanol–water partition coefficient (Wildman–Crippen LogP) is 4.13. The summed E-state index contributed by atoms with van der Waals surface area (Å²) < 4.78 is 28.4. The number of rotatable bonds is 2. The van der Waals surface area contributed by atoms with E-state index in [0.29, 0.717) is 11.4 Å². The van der Waals surface area contributed by atoms with Crippen molar-refractivity contribution in [2.45, 2.75) is 31.2 Å². The van der Waals surface area contributed by atoms with Gasteiger partial charge in [0, 0.05) is 21.9 Å². The smallest absolute Gasteiger partial charge is 0.207 e. The van der Waals surface area contributed by atoms with Gasteiger partial charge in [0.15, 0.2) is 0 Å². The van der Waals surface area contributed by atoms with Gasteiger partial charge in [-0.05, 0) is 61.0 Å². The van der Waals surface area contributed by atoms with Gasteiger partial charge in [0.25, 0.3) is 0 Å². The van der Waals surface area contributed by atoms with E-state index in [-0.39, 0.29) is 6.04 Å². The van der Waals surface area contributed by atoms with Gasteiger partial charge in [0.05, 0.1) is 4.90 Å². The Bertz CT molecular complexity index is 783. The van der Waals surface area contributed by atoms with Crippen molar-refractivity contribution in [2.24, 2.45) is 0 Å². The molecule has 1 unspecified atom stereocenters. The summed E-state index contributed by atoms with van der Waals surface area (Å²) in [6.07, 6.45) is 0.798. The lowest BCUT2D eigenvalue weighted by Crippen LogP contribution is -2.38. The number of aryl methyl sites for hydroxylation is 1. The molecule has 0 fully saturated rings. The maximum absolute atomic E-state index is 12.9. The number of sulfonamides is 1. The van der Waals surface area contributed by atoms with Crippen molar-refractivity contribution in [1.82, 2.24) is 4.31 Å². The molecule has 3 rings (SSSR count). The largest absolute Gasteiger partial charge is 0.243 e. The minimum absolute atomic E-state index is 0.103. The van der Waals surface area contributed by atoms with E-state index in [1.54, 1.807) is 33.8 Å². The van der Waals surface area contributed by atoms with Crippen LogP contribution in [0.1, 0.15) is 29.0 Å². The van der Waals surface area contributed by atoms with E-state index in [1.165, 1.54) is 4.88 Å². The predicted molar refractivity (Wildman–Crippen MR) is 89.2 cm³/mol. The molecule has 0 radical (unpaired) electrons. The van der Waals surface area contributed by atoms with Crippen LogP contribution in [0.25, 0.3) is 0 Å². The highest BCUT2D eigenvalue weighted by atomic mass is 79.9. The Morgan fingerprint density at radius 1 is 1.33 bits per heavy atom. The van der Waals surface area contributed by atoms with E-state index in [2.05, 4.69) is 15.9 Å². The van der Waals surface area contributed by atoms with Crippen LogP contribution in [-0.4, -0.2) is 19.3 Å². The fourth-order valence-corrected chi connectivity index (χ4v) is 5.64. The summed E-state index contributed by atoms with van der Waals surface area (Å²) in [5.74, 6) is 0. The molecule has 1 atom stereocenters. The van der Waals surface area contributed by atoms with E-state index in [0.717, 1.165) is 22.0 Å². The molecular formula is C15H16BrNO2S2. The molecule has 2 heterocycles. The summed E-state index contributed by atoms with van der Waals surface area (Å²) in [5.41, 5.74) is 2.07. The van der Waals surface area contributed by atoms with Gasteiger partial charge >= 0.3 is 0 Å². The maximum atomic E-state index is 12.9. The van der Waals surface area contributed by atoms with E-state index in [1.807, 2.05) is 25.3 Å². The summed E-state index contributed by atoms with van der Waals surface area (Å²) in [6.45, 7) is 4.42. The SMILES string of the molecule is Cc1cc(S(=O)(=O)N2CCc3sccc3C2C)ccc1Br. The Kier molecular flexibility index (Phi) is 3.98. The van der Waals surface area contributed by atoms with Crippen LogP contribution in [0, 0.1) is 6.92 Å². The first-order chi connectivity index (χ1) is 9.91. The Labute approximate surface area is 137 Å². The Hall–Kier alpha value is -0.690. The molecule has 0 saturated heterocycles. The van der Waals surface area contributed by atoms with Gasteiger partial charge in [-0.2, -0.15) is 4.31 Å². The third kappa shape index (κ3) is 2.59. The van der Waals surface area contributed by atoms with Gasteiger partial charge in [0.1, 0.15) is 0 Å². The molecule has 0 N–H and O–H groups in total. The van der Waals surface area contributed by atoms with E-state index in [9.17, 15) is 8.42 Å². The van der Waals surface area contributed by atoms with Crippen LogP contribution in [0.15, 0.2) is 39.0 Å². The normalized spacial score (nSPS) is 19.5. The lowest BCUT2D eigenvalue weighted by Gasteiger charge is -2.32. The van der Waals surface area contributed by atoms with Crippen molar-refractivity contribution in [1.29, 1.82) is 0 Å². The van der Waals surface area contributed by atoms with Crippen molar-refractivity contribution < 1.29 is 8.42 Å². The third-order valence-electron chi connectivity index (χ3n) is 3.96. The topological polar surface area (TPSA) is 37.4 Å². The molecule has 2 aromatic rings. The average Bonchev–Trinajstić information content (AvgIpc) is 2.91. The monoisotopic (exact) mass is 385 g/mol. The van der Waals surface area contributed by atoms with Gasteiger partial charge in [0.2, 0.25) is 10.0 Å². The van der Waals surface area contributed by atoms with Crippen molar-refractivity contribution >= 4 is 37.3 Å². The molecule has 1 aliphatic heterocycles. The molecule has 0 amide bonds. The summed E-state index contributed by atoms with van der Waals surface area (Å²) in [4.78, 5) is 1.68. The number of nitrogens with zero attached hydrogens (tertiary/aromatic N) is 1. The highest BCUT2D eigenvalue weighted by Gasteiger charge is 2.34. The Balaban J connectivity index is 2.01. The van der Waals surface area contributed by atoms with Crippen molar-refractivity contribution in [3.05, 3.63) is 50.1 Å². The summed E-state index contributed by atoms with van der Waals surface area (Å²) >= 11 is 5.13. The highest BCUT2D eigenvalue weighted by Crippen LogP contribution is 2.36. The molecule has 21 heavy (non-hydrogen) atoms. The van der Waals surface area contributed by atoms with Crippen molar-refractivity contribution in [2.75, 3.05) is 6.54 Å². The van der Waals surface area contributed by atoms with E-state index >= 15 is 0 Å². The van der Waals surface area contributed by atoms with E-state index in [4.69, 9.17) is 0 Å². The number of hydrogen-bond donors (Lipinski definition) is 0. The minimum Gasteiger partial charge on any atom is -0.207 e. The molecular weight excluding hydrogens is 370 g/mol. The van der Waals surface area contributed by atoms with Gasteiger partial charge in [-0.3, -0.25) is 0 Å². The van der Waals surface area contributed by atoms with Crippen LogP contribution < -0.4 is 0 Å². The zero-order valence-electron chi connectivity index (χ0n) is 11.8. The van der Waals surface area contributed by atoms with Gasteiger partial charge in [-0.25, -0.2) is 8.42 Å². The standard InChI is InChI=1S/C15H16BrNO2S2/c1-10-9-12(3-4-14(10)16)21(18,19)17-7-5-15-13(11(17)2)6-8-20-15/h3-4,6,8-9,11H,5,7H2,1-2H3. The summed E-state index contributed by atoms with van der Waals surface area (Å²) in [5, 5.41) is 2.04. The lowest BCUT2D eigenvalue weighted by atomic mass is 10.0. The first-order valence-electron chi connectivity index (χ1n) is 6.75.